The van der Waals surface area contributed by atoms with Gasteiger partial charge in [-0.1, -0.05) is 33.1 Å². The fraction of sp³-hybridized carbons (Fsp3) is 0.929. The van der Waals surface area contributed by atoms with Crippen molar-refractivity contribution in [1.82, 2.24) is 0 Å². The van der Waals surface area contributed by atoms with Crippen molar-refractivity contribution in [3.05, 3.63) is 0 Å². The standard InChI is InChI=1S/C14H28O5/c1-4-6-7-8-11(5-2)19-14(10(3)16)13(18)12(17)9-15/h10-12,14-17H,4-9H2,1-3H3. The fourth-order valence-electron chi connectivity index (χ4n) is 1.90. The number of carbonyl (C=O) groups is 1. The lowest BCUT2D eigenvalue weighted by molar-refractivity contribution is -0.154. The first-order valence-corrected chi connectivity index (χ1v) is 7.14. The molecule has 5 heteroatoms. The van der Waals surface area contributed by atoms with Gasteiger partial charge >= 0.3 is 0 Å². The zero-order valence-corrected chi connectivity index (χ0v) is 12.2. The van der Waals surface area contributed by atoms with E-state index in [-0.39, 0.29) is 6.10 Å². The van der Waals surface area contributed by atoms with Gasteiger partial charge in [0.25, 0.3) is 0 Å². The lowest BCUT2D eigenvalue weighted by atomic mass is 10.0. The second-order valence-electron chi connectivity index (χ2n) is 4.92. The molecule has 0 aliphatic carbocycles. The van der Waals surface area contributed by atoms with Crippen LogP contribution in [0, 0.1) is 0 Å². The van der Waals surface area contributed by atoms with Crippen LogP contribution < -0.4 is 0 Å². The molecule has 0 aromatic heterocycles. The molecular formula is C14H28O5. The Labute approximate surface area is 115 Å². The van der Waals surface area contributed by atoms with Gasteiger partial charge in [-0.2, -0.15) is 0 Å². The highest BCUT2D eigenvalue weighted by molar-refractivity contribution is 5.87. The number of carbonyl (C=O) groups excluding carboxylic acids is 1. The SMILES string of the molecule is CCCCCC(CC)OC(C(=O)C(O)CO)C(C)O. The average molecular weight is 276 g/mol. The molecule has 0 amide bonds. The Balaban J connectivity index is 4.49. The third-order valence-corrected chi connectivity index (χ3v) is 3.14. The number of unbranched alkanes of at least 4 members (excludes halogenated alkanes) is 2. The van der Waals surface area contributed by atoms with E-state index in [4.69, 9.17) is 9.84 Å². The van der Waals surface area contributed by atoms with Crippen LogP contribution in [0.25, 0.3) is 0 Å². The number of hydrogen-bond acceptors (Lipinski definition) is 5. The van der Waals surface area contributed by atoms with Crippen LogP contribution >= 0.6 is 0 Å². The molecule has 3 N–H and O–H groups in total. The number of hydrogen-bond donors (Lipinski definition) is 3. The van der Waals surface area contributed by atoms with Gasteiger partial charge in [0.15, 0.2) is 5.78 Å². The highest BCUT2D eigenvalue weighted by Crippen LogP contribution is 2.15. The topological polar surface area (TPSA) is 87.0 Å². The number of ketones is 1. The van der Waals surface area contributed by atoms with Gasteiger partial charge in [0.1, 0.15) is 12.2 Å². The maximum Gasteiger partial charge on any atom is 0.194 e. The molecule has 0 aliphatic rings. The quantitative estimate of drug-likeness (QED) is 0.491. The van der Waals surface area contributed by atoms with Crippen molar-refractivity contribution in [2.45, 2.75) is 77.3 Å². The lowest BCUT2D eigenvalue weighted by Gasteiger charge is -2.26. The van der Waals surface area contributed by atoms with Gasteiger partial charge in [-0.15, -0.1) is 0 Å². The summed E-state index contributed by atoms with van der Waals surface area (Å²) in [4.78, 5) is 11.8. The summed E-state index contributed by atoms with van der Waals surface area (Å²) in [5.41, 5.74) is 0. The van der Waals surface area contributed by atoms with E-state index in [2.05, 4.69) is 6.92 Å². The first-order chi connectivity index (χ1) is 8.97. The van der Waals surface area contributed by atoms with Crippen molar-refractivity contribution >= 4 is 5.78 Å². The van der Waals surface area contributed by atoms with Gasteiger partial charge in [0.2, 0.25) is 0 Å². The van der Waals surface area contributed by atoms with Crippen molar-refractivity contribution in [2.75, 3.05) is 6.61 Å². The van der Waals surface area contributed by atoms with Crippen molar-refractivity contribution in [1.29, 1.82) is 0 Å². The highest BCUT2D eigenvalue weighted by atomic mass is 16.5. The number of ether oxygens (including phenoxy) is 1. The van der Waals surface area contributed by atoms with Crippen LogP contribution in [0.4, 0.5) is 0 Å². The van der Waals surface area contributed by atoms with Crippen molar-refractivity contribution in [3.8, 4) is 0 Å². The molecule has 19 heavy (non-hydrogen) atoms. The van der Waals surface area contributed by atoms with E-state index in [9.17, 15) is 15.0 Å². The summed E-state index contributed by atoms with van der Waals surface area (Å²) in [6.07, 6.45) is 1.12. The molecule has 0 saturated carbocycles. The zero-order valence-electron chi connectivity index (χ0n) is 12.2. The Morgan fingerprint density at radius 2 is 1.84 bits per heavy atom. The first-order valence-electron chi connectivity index (χ1n) is 7.14. The number of rotatable bonds is 11. The first kappa shape index (κ1) is 18.5. The Morgan fingerprint density at radius 1 is 1.21 bits per heavy atom. The van der Waals surface area contributed by atoms with E-state index >= 15 is 0 Å². The van der Waals surface area contributed by atoms with E-state index in [1.165, 1.54) is 6.92 Å². The minimum Gasteiger partial charge on any atom is -0.393 e. The fourth-order valence-corrected chi connectivity index (χ4v) is 1.90. The van der Waals surface area contributed by atoms with Gasteiger partial charge < -0.3 is 20.1 Å². The van der Waals surface area contributed by atoms with E-state index in [0.29, 0.717) is 0 Å². The average Bonchev–Trinajstić information content (AvgIpc) is 2.40. The molecule has 0 aromatic rings. The van der Waals surface area contributed by atoms with Crippen LogP contribution in [0.1, 0.15) is 52.9 Å². The van der Waals surface area contributed by atoms with Crippen LogP contribution in [0.5, 0.6) is 0 Å². The van der Waals surface area contributed by atoms with Crippen LogP contribution in [0.3, 0.4) is 0 Å². The van der Waals surface area contributed by atoms with Gasteiger partial charge in [0, 0.05) is 0 Å². The summed E-state index contributed by atoms with van der Waals surface area (Å²) in [6, 6.07) is 0. The summed E-state index contributed by atoms with van der Waals surface area (Å²) in [5.74, 6) is -0.661. The summed E-state index contributed by atoms with van der Waals surface area (Å²) in [6.45, 7) is 4.87. The molecule has 0 radical (unpaired) electrons. The molecular weight excluding hydrogens is 248 g/mol. The summed E-state index contributed by atoms with van der Waals surface area (Å²) < 4.78 is 5.62. The Morgan fingerprint density at radius 3 is 2.26 bits per heavy atom. The molecule has 114 valence electrons. The maximum absolute atomic E-state index is 11.8. The monoisotopic (exact) mass is 276 g/mol. The second kappa shape index (κ2) is 10.3. The minimum absolute atomic E-state index is 0.110. The van der Waals surface area contributed by atoms with Gasteiger partial charge in [-0.05, 0) is 19.8 Å². The predicted molar refractivity (Wildman–Crippen MR) is 72.9 cm³/mol. The number of Topliss-reactive ketones (excluding diaryl/α,β-unsaturated/α-hetero) is 1. The Hall–Kier alpha value is -0.490. The van der Waals surface area contributed by atoms with Crippen molar-refractivity contribution < 1.29 is 24.9 Å². The van der Waals surface area contributed by atoms with Gasteiger partial charge in [-0.25, -0.2) is 0 Å². The third-order valence-electron chi connectivity index (χ3n) is 3.14. The van der Waals surface area contributed by atoms with E-state index in [1.807, 2.05) is 6.92 Å². The lowest BCUT2D eigenvalue weighted by Crippen LogP contribution is -2.44. The molecule has 5 nitrogen and oxygen atoms in total. The molecule has 0 saturated heterocycles. The Kier molecular flexibility index (Phi) is 10.0. The molecule has 0 spiro atoms. The molecule has 0 rings (SSSR count). The maximum atomic E-state index is 11.8. The molecule has 0 aromatic carbocycles. The molecule has 4 atom stereocenters. The molecule has 0 bridgehead atoms. The number of aliphatic hydroxyl groups excluding tert-OH is 3. The minimum atomic E-state index is -1.49. The third kappa shape index (κ3) is 7.01. The molecule has 4 unspecified atom stereocenters. The van der Waals surface area contributed by atoms with Crippen molar-refractivity contribution in [2.24, 2.45) is 0 Å². The normalized spacial score (nSPS) is 17.8. The Bertz CT molecular complexity index is 242. The second-order valence-corrected chi connectivity index (χ2v) is 4.92. The smallest absolute Gasteiger partial charge is 0.194 e. The predicted octanol–water partition coefficient (Wildman–Crippen LogP) is 1.03. The molecule has 0 heterocycles. The summed E-state index contributed by atoms with van der Waals surface area (Å²) >= 11 is 0. The largest absolute Gasteiger partial charge is 0.393 e. The van der Waals surface area contributed by atoms with Crippen LogP contribution in [-0.4, -0.2) is 52.1 Å². The van der Waals surface area contributed by atoms with E-state index in [0.717, 1.165) is 32.1 Å². The van der Waals surface area contributed by atoms with Crippen LogP contribution in [0.2, 0.25) is 0 Å². The van der Waals surface area contributed by atoms with Gasteiger partial charge in [0.05, 0.1) is 18.8 Å². The molecule has 0 aliphatic heterocycles. The van der Waals surface area contributed by atoms with Crippen molar-refractivity contribution in [3.63, 3.8) is 0 Å². The van der Waals surface area contributed by atoms with Crippen LogP contribution in [0.15, 0.2) is 0 Å². The zero-order chi connectivity index (χ0) is 14.8. The van der Waals surface area contributed by atoms with E-state index < -0.39 is 30.7 Å². The van der Waals surface area contributed by atoms with Crippen LogP contribution in [-0.2, 0) is 9.53 Å². The van der Waals surface area contributed by atoms with Gasteiger partial charge in [-0.3, -0.25) is 4.79 Å². The summed E-state index contributed by atoms with van der Waals surface area (Å²) in [7, 11) is 0. The summed E-state index contributed by atoms with van der Waals surface area (Å²) in [5, 5.41) is 27.8. The molecule has 0 fully saturated rings. The van der Waals surface area contributed by atoms with E-state index in [1.54, 1.807) is 0 Å². The number of aliphatic hydroxyl groups is 3. The highest BCUT2D eigenvalue weighted by Gasteiger charge is 2.31.